The van der Waals surface area contributed by atoms with Crippen LogP contribution < -0.4 is 5.32 Å². The molecular weight excluding hydrogens is 316 g/mol. The van der Waals surface area contributed by atoms with E-state index in [0.29, 0.717) is 5.75 Å². The van der Waals surface area contributed by atoms with Crippen molar-refractivity contribution in [3.05, 3.63) is 11.8 Å². The molecule has 5 nitrogen and oxygen atoms in total. The van der Waals surface area contributed by atoms with Crippen LogP contribution in [0.25, 0.3) is 0 Å². The maximum atomic E-state index is 12.4. The SMILES string of the molecule is CCCCNc1nnc(SCC(=O)N(CC)C2=CCCC2)s1. The Kier molecular flexibility index (Phi) is 7.18. The molecule has 0 aliphatic heterocycles. The molecule has 0 bridgehead atoms. The molecule has 2 rings (SSSR count). The summed E-state index contributed by atoms with van der Waals surface area (Å²) in [6, 6.07) is 0. The van der Waals surface area contributed by atoms with E-state index in [9.17, 15) is 4.79 Å². The summed E-state index contributed by atoms with van der Waals surface area (Å²) >= 11 is 3.00. The van der Waals surface area contributed by atoms with Gasteiger partial charge in [0, 0.05) is 18.8 Å². The number of hydrogen-bond donors (Lipinski definition) is 1. The second-order valence-corrected chi connectivity index (χ2v) is 7.37. The van der Waals surface area contributed by atoms with E-state index in [2.05, 4.69) is 28.5 Å². The summed E-state index contributed by atoms with van der Waals surface area (Å²) in [4.78, 5) is 14.3. The molecule has 0 atom stereocenters. The highest BCUT2D eigenvalue weighted by atomic mass is 32.2. The van der Waals surface area contributed by atoms with Crippen molar-refractivity contribution in [2.24, 2.45) is 0 Å². The summed E-state index contributed by atoms with van der Waals surface area (Å²) in [5.41, 5.74) is 1.19. The van der Waals surface area contributed by atoms with Crippen LogP contribution in [0.3, 0.4) is 0 Å². The predicted molar refractivity (Wildman–Crippen MR) is 93.4 cm³/mol. The fourth-order valence-corrected chi connectivity index (χ4v) is 4.01. The Morgan fingerprint density at radius 3 is 3.00 bits per heavy atom. The van der Waals surface area contributed by atoms with Crippen LogP contribution >= 0.6 is 23.1 Å². The minimum Gasteiger partial charge on any atom is -0.360 e. The van der Waals surface area contributed by atoms with Crippen LogP contribution in [0.4, 0.5) is 5.13 Å². The quantitative estimate of drug-likeness (QED) is 0.548. The Hall–Kier alpha value is -1.08. The van der Waals surface area contributed by atoms with Crippen LogP contribution in [0, 0.1) is 0 Å². The van der Waals surface area contributed by atoms with Gasteiger partial charge in [-0.3, -0.25) is 4.79 Å². The van der Waals surface area contributed by atoms with Gasteiger partial charge in [-0.05, 0) is 32.6 Å². The molecule has 1 N–H and O–H groups in total. The van der Waals surface area contributed by atoms with Crippen molar-refractivity contribution >= 4 is 34.1 Å². The van der Waals surface area contributed by atoms with Gasteiger partial charge in [-0.2, -0.15) is 0 Å². The van der Waals surface area contributed by atoms with Crippen molar-refractivity contribution in [2.45, 2.75) is 50.3 Å². The summed E-state index contributed by atoms with van der Waals surface area (Å²) in [5.74, 6) is 0.589. The maximum Gasteiger partial charge on any atom is 0.237 e. The van der Waals surface area contributed by atoms with Gasteiger partial charge in [0.2, 0.25) is 11.0 Å². The van der Waals surface area contributed by atoms with Gasteiger partial charge in [0.1, 0.15) is 0 Å². The van der Waals surface area contributed by atoms with E-state index in [-0.39, 0.29) is 5.91 Å². The molecule has 122 valence electrons. The number of nitrogens with zero attached hydrogens (tertiary/aromatic N) is 3. The zero-order valence-corrected chi connectivity index (χ0v) is 14.9. The van der Waals surface area contributed by atoms with Gasteiger partial charge in [-0.15, -0.1) is 10.2 Å². The van der Waals surface area contributed by atoms with E-state index in [4.69, 9.17) is 0 Å². The number of aromatic nitrogens is 2. The third kappa shape index (κ3) is 4.98. The number of thioether (sulfide) groups is 1. The molecule has 1 aliphatic carbocycles. The Labute approximate surface area is 140 Å². The van der Waals surface area contributed by atoms with Gasteiger partial charge >= 0.3 is 0 Å². The standard InChI is InChI=1S/C15H24N4OS2/c1-3-5-10-16-14-17-18-15(22-14)21-11-13(20)19(4-2)12-8-6-7-9-12/h8H,3-7,9-11H2,1-2H3,(H,16,17). The highest BCUT2D eigenvalue weighted by molar-refractivity contribution is 8.01. The van der Waals surface area contributed by atoms with Gasteiger partial charge in [0.15, 0.2) is 4.34 Å². The van der Waals surface area contributed by atoms with Crippen LogP contribution in [0.2, 0.25) is 0 Å². The molecule has 1 amide bonds. The molecule has 0 aromatic carbocycles. The molecule has 0 unspecified atom stereocenters. The van der Waals surface area contributed by atoms with Crippen molar-refractivity contribution < 1.29 is 4.79 Å². The smallest absolute Gasteiger partial charge is 0.237 e. The molecule has 1 heterocycles. The first-order valence-corrected chi connectivity index (χ1v) is 9.74. The molecule has 0 radical (unpaired) electrons. The lowest BCUT2D eigenvalue weighted by atomic mass is 10.3. The Balaban J connectivity index is 1.80. The molecule has 7 heteroatoms. The van der Waals surface area contributed by atoms with Crippen molar-refractivity contribution in [2.75, 3.05) is 24.2 Å². The third-order valence-electron chi connectivity index (χ3n) is 3.51. The molecule has 22 heavy (non-hydrogen) atoms. The average Bonchev–Trinajstić information content (AvgIpc) is 3.18. The maximum absolute atomic E-state index is 12.4. The fourth-order valence-electron chi connectivity index (χ4n) is 2.35. The molecule has 0 saturated heterocycles. The summed E-state index contributed by atoms with van der Waals surface area (Å²) in [7, 11) is 0. The first kappa shape index (κ1) is 17.3. The molecule has 1 aromatic heterocycles. The summed E-state index contributed by atoms with van der Waals surface area (Å²) in [6.45, 7) is 5.86. The largest absolute Gasteiger partial charge is 0.360 e. The minimum absolute atomic E-state index is 0.163. The lowest BCUT2D eigenvalue weighted by Crippen LogP contribution is -2.31. The molecule has 1 aromatic rings. The van der Waals surface area contributed by atoms with Gasteiger partial charge in [-0.25, -0.2) is 0 Å². The Morgan fingerprint density at radius 2 is 2.32 bits per heavy atom. The van der Waals surface area contributed by atoms with Crippen LogP contribution in [0.1, 0.15) is 46.0 Å². The van der Waals surface area contributed by atoms with E-state index in [0.717, 1.165) is 54.7 Å². The lowest BCUT2D eigenvalue weighted by Gasteiger charge is -2.21. The minimum atomic E-state index is 0.163. The number of nitrogens with one attached hydrogen (secondary N) is 1. The highest BCUT2D eigenvalue weighted by Gasteiger charge is 2.19. The average molecular weight is 341 g/mol. The summed E-state index contributed by atoms with van der Waals surface area (Å²) in [5, 5.41) is 12.3. The van der Waals surface area contributed by atoms with E-state index < -0.39 is 0 Å². The number of carbonyl (C=O) groups is 1. The van der Waals surface area contributed by atoms with Gasteiger partial charge < -0.3 is 10.2 Å². The Morgan fingerprint density at radius 1 is 1.45 bits per heavy atom. The third-order valence-corrected chi connectivity index (χ3v) is 5.51. The monoisotopic (exact) mass is 340 g/mol. The predicted octanol–water partition coefficient (Wildman–Crippen LogP) is 3.76. The number of hydrogen-bond acceptors (Lipinski definition) is 6. The zero-order valence-electron chi connectivity index (χ0n) is 13.3. The second kappa shape index (κ2) is 9.15. The van der Waals surface area contributed by atoms with Crippen LogP contribution in [-0.4, -0.2) is 39.8 Å². The van der Waals surface area contributed by atoms with Gasteiger partial charge in [-0.1, -0.05) is 42.5 Å². The van der Waals surface area contributed by atoms with E-state index in [1.54, 1.807) is 0 Å². The molecule has 0 fully saturated rings. The topological polar surface area (TPSA) is 58.1 Å². The first-order chi connectivity index (χ1) is 10.7. The van der Waals surface area contributed by atoms with Crippen LogP contribution in [0.5, 0.6) is 0 Å². The number of rotatable bonds is 9. The lowest BCUT2D eigenvalue weighted by molar-refractivity contribution is -0.126. The van der Waals surface area contributed by atoms with Crippen LogP contribution in [-0.2, 0) is 4.79 Å². The fraction of sp³-hybridized carbons (Fsp3) is 0.667. The molecule has 0 spiro atoms. The zero-order chi connectivity index (χ0) is 15.8. The summed E-state index contributed by atoms with van der Waals surface area (Å²) in [6.07, 6.45) is 7.75. The Bertz CT molecular complexity index is 515. The normalized spacial score (nSPS) is 14.0. The van der Waals surface area contributed by atoms with Crippen molar-refractivity contribution in [1.82, 2.24) is 15.1 Å². The van der Waals surface area contributed by atoms with E-state index in [1.807, 2.05) is 11.8 Å². The van der Waals surface area contributed by atoms with Crippen molar-refractivity contribution in [3.8, 4) is 0 Å². The number of unbranched alkanes of at least 4 members (excludes halogenated alkanes) is 1. The van der Waals surface area contributed by atoms with Crippen molar-refractivity contribution in [1.29, 1.82) is 0 Å². The van der Waals surface area contributed by atoms with Gasteiger partial charge in [0.25, 0.3) is 0 Å². The van der Waals surface area contributed by atoms with E-state index >= 15 is 0 Å². The van der Waals surface area contributed by atoms with Crippen LogP contribution in [0.15, 0.2) is 16.1 Å². The number of anilines is 1. The highest BCUT2D eigenvalue weighted by Crippen LogP contribution is 2.27. The number of carbonyl (C=O) groups excluding carboxylic acids is 1. The summed E-state index contributed by atoms with van der Waals surface area (Å²) < 4.78 is 0.851. The van der Waals surface area contributed by atoms with E-state index in [1.165, 1.54) is 28.8 Å². The molecular formula is C15H24N4OS2. The molecule has 0 saturated carbocycles. The first-order valence-electron chi connectivity index (χ1n) is 7.94. The number of allylic oxidation sites excluding steroid dienone is 2. The van der Waals surface area contributed by atoms with Crippen molar-refractivity contribution in [3.63, 3.8) is 0 Å². The number of amides is 1. The second-order valence-electron chi connectivity index (χ2n) is 5.17. The van der Waals surface area contributed by atoms with Gasteiger partial charge in [0.05, 0.1) is 5.75 Å². The molecule has 1 aliphatic rings.